The zero-order valence-corrected chi connectivity index (χ0v) is 16.0. The van der Waals surface area contributed by atoms with E-state index >= 15 is 0 Å². The molecule has 0 unspecified atom stereocenters. The number of halogens is 2. The average molecular weight is 411 g/mol. The van der Waals surface area contributed by atoms with Gasteiger partial charge in [0.25, 0.3) is 5.91 Å². The average Bonchev–Trinajstić information content (AvgIpc) is 3.06. The van der Waals surface area contributed by atoms with E-state index in [0.29, 0.717) is 37.8 Å². The number of aromatic nitrogens is 1. The molecule has 150 valence electrons. The molecule has 0 atom stereocenters. The van der Waals surface area contributed by atoms with E-state index in [1.54, 1.807) is 17.9 Å². The first-order chi connectivity index (χ1) is 13.4. The molecule has 1 aromatic carbocycles. The first-order valence-corrected chi connectivity index (χ1v) is 9.09. The maximum absolute atomic E-state index is 13.0. The molecule has 2 aromatic rings. The van der Waals surface area contributed by atoms with E-state index in [9.17, 15) is 14.0 Å². The first-order valence-electron chi connectivity index (χ1n) is 8.72. The normalized spacial score (nSPS) is 14.8. The van der Waals surface area contributed by atoms with Crippen LogP contribution in [0.25, 0.3) is 0 Å². The van der Waals surface area contributed by atoms with Crippen LogP contribution < -0.4 is 10.1 Å². The van der Waals surface area contributed by atoms with Crippen LogP contribution in [0.3, 0.4) is 0 Å². The summed E-state index contributed by atoms with van der Waals surface area (Å²) in [4.78, 5) is 27.9. The van der Waals surface area contributed by atoms with Crippen molar-refractivity contribution in [2.75, 3.05) is 44.6 Å². The van der Waals surface area contributed by atoms with Gasteiger partial charge in [0.15, 0.2) is 12.4 Å². The van der Waals surface area contributed by atoms with Crippen molar-refractivity contribution >= 4 is 29.2 Å². The number of amides is 2. The van der Waals surface area contributed by atoms with Gasteiger partial charge in [0, 0.05) is 32.2 Å². The summed E-state index contributed by atoms with van der Waals surface area (Å²) in [7, 11) is 0. The molecule has 1 saturated heterocycles. The molecule has 8 nitrogen and oxygen atoms in total. The van der Waals surface area contributed by atoms with Crippen LogP contribution >= 0.6 is 11.6 Å². The van der Waals surface area contributed by atoms with Gasteiger partial charge in [-0.2, -0.15) is 0 Å². The number of ether oxygens (including phenoxy) is 1. The zero-order chi connectivity index (χ0) is 20.1. The van der Waals surface area contributed by atoms with E-state index in [4.69, 9.17) is 20.9 Å². The van der Waals surface area contributed by atoms with E-state index in [1.165, 1.54) is 12.1 Å². The largest absolute Gasteiger partial charge is 0.482 e. The SMILES string of the molecule is Cc1cc(NC(=O)CN2CCN(C(=O)COc3ccc(F)cc3Cl)CC2)no1. The molecule has 0 saturated carbocycles. The van der Waals surface area contributed by atoms with Crippen LogP contribution in [-0.4, -0.2) is 66.1 Å². The minimum atomic E-state index is -0.470. The maximum atomic E-state index is 13.0. The monoisotopic (exact) mass is 410 g/mol. The molecule has 1 N–H and O–H groups in total. The van der Waals surface area contributed by atoms with Gasteiger partial charge in [-0.1, -0.05) is 16.8 Å². The number of aryl methyl sites for hydroxylation is 1. The van der Waals surface area contributed by atoms with Crippen LogP contribution in [-0.2, 0) is 9.59 Å². The second-order valence-corrected chi connectivity index (χ2v) is 6.80. The molecule has 1 aliphatic heterocycles. The minimum absolute atomic E-state index is 0.117. The van der Waals surface area contributed by atoms with Crippen molar-refractivity contribution in [1.29, 1.82) is 0 Å². The van der Waals surface area contributed by atoms with E-state index in [-0.39, 0.29) is 35.7 Å². The summed E-state index contributed by atoms with van der Waals surface area (Å²) in [5.74, 6) is 0.404. The van der Waals surface area contributed by atoms with Crippen LogP contribution in [0.5, 0.6) is 5.75 Å². The lowest BCUT2D eigenvalue weighted by Crippen LogP contribution is -2.51. The Balaban J connectivity index is 1.40. The molecule has 0 spiro atoms. The summed E-state index contributed by atoms with van der Waals surface area (Å²) in [6.45, 7) is 3.85. The molecule has 0 bridgehead atoms. The van der Waals surface area contributed by atoms with Crippen molar-refractivity contribution < 1.29 is 23.2 Å². The highest BCUT2D eigenvalue weighted by Crippen LogP contribution is 2.24. The van der Waals surface area contributed by atoms with Crippen molar-refractivity contribution in [3.8, 4) is 5.75 Å². The Hall–Kier alpha value is -2.65. The Morgan fingerprint density at radius 3 is 2.68 bits per heavy atom. The third kappa shape index (κ3) is 5.43. The summed E-state index contributed by atoms with van der Waals surface area (Å²) in [5, 5.41) is 6.50. The van der Waals surface area contributed by atoms with Gasteiger partial charge in [-0.15, -0.1) is 0 Å². The van der Waals surface area contributed by atoms with Crippen molar-refractivity contribution in [2.24, 2.45) is 0 Å². The third-order valence-corrected chi connectivity index (χ3v) is 4.53. The highest BCUT2D eigenvalue weighted by Gasteiger charge is 2.23. The molecular weight excluding hydrogens is 391 g/mol. The lowest BCUT2D eigenvalue weighted by molar-refractivity contribution is -0.135. The number of nitrogens with one attached hydrogen (secondary N) is 1. The number of benzene rings is 1. The fraction of sp³-hybridized carbons (Fsp3) is 0.389. The third-order valence-electron chi connectivity index (χ3n) is 4.23. The van der Waals surface area contributed by atoms with Gasteiger partial charge in [-0.3, -0.25) is 14.5 Å². The van der Waals surface area contributed by atoms with Gasteiger partial charge in [-0.05, 0) is 25.1 Å². The quantitative estimate of drug-likeness (QED) is 0.783. The van der Waals surface area contributed by atoms with Gasteiger partial charge in [-0.25, -0.2) is 4.39 Å². The molecule has 2 amide bonds. The summed E-state index contributed by atoms with van der Waals surface area (Å²) in [6, 6.07) is 5.38. The summed E-state index contributed by atoms with van der Waals surface area (Å²) >= 11 is 5.88. The molecule has 28 heavy (non-hydrogen) atoms. The number of nitrogens with zero attached hydrogens (tertiary/aromatic N) is 3. The fourth-order valence-electron chi connectivity index (χ4n) is 2.79. The zero-order valence-electron chi connectivity index (χ0n) is 15.3. The molecule has 3 rings (SSSR count). The Morgan fingerprint density at radius 1 is 1.29 bits per heavy atom. The molecule has 0 radical (unpaired) electrons. The van der Waals surface area contributed by atoms with Gasteiger partial charge in [0.2, 0.25) is 5.91 Å². The Labute approximate surface area is 166 Å². The topological polar surface area (TPSA) is 87.9 Å². The molecule has 0 aliphatic carbocycles. The van der Waals surface area contributed by atoms with E-state index < -0.39 is 5.82 Å². The highest BCUT2D eigenvalue weighted by atomic mass is 35.5. The van der Waals surface area contributed by atoms with Crippen LogP contribution in [0.15, 0.2) is 28.8 Å². The second kappa shape index (κ2) is 9.03. The van der Waals surface area contributed by atoms with Crippen molar-refractivity contribution in [3.63, 3.8) is 0 Å². The van der Waals surface area contributed by atoms with Gasteiger partial charge in [0.1, 0.15) is 17.3 Å². The second-order valence-electron chi connectivity index (χ2n) is 6.39. The number of piperazine rings is 1. The predicted molar refractivity (Wildman–Crippen MR) is 99.8 cm³/mol. The molecule has 1 aliphatic rings. The lowest BCUT2D eigenvalue weighted by Gasteiger charge is -2.34. The number of hydrogen-bond acceptors (Lipinski definition) is 6. The van der Waals surface area contributed by atoms with Crippen molar-refractivity contribution in [2.45, 2.75) is 6.92 Å². The van der Waals surface area contributed by atoms with Gasteiger partial charge in [0.05, 0.1) is 11.6 Å². The Kier molecular flexibility index (Phi) is 6.48. The molecule has 10 heteroatoms. The molecule has 1 aromatic heterocycles. The highest BCUT2D eigenvalue weighted by molar-refractivity contribution is 6.32. The standard InChI is InChI=1S/C18H20ClFN4O4/c1-12-8-16(22-28-12)21-17(25)10-23-4-6-24(7-5-23)18(26)11-27-15-3-2-13(20)9-14(15)19/h2-3,8-9H,4-7,10-11H2,1H3,(H,21,22,25). The summed E-state index contributed by atoms with van der Waals surface area (Å²) in [5.41, 5.74) is 0. The molecule has 1 fully saturated rings. The van der Waals surface area contributed by atoms with Crippen molar-refractivity contribution in [3.05, 3.63) is 40.9 Å². The van der Waals surface area contributed by atoms with Crippen LogP contribution in [0.1, 0.15) is 5.76 Å². The van der Waals surface area contributed by atoms with E-state index in [1.807, 2.05) is 4.90 Å². The maximum Gasteiger partial charge on any atom is 0.260 e. The Morgan fingerprint density at radius 2 is 2.04 bits per heavy atom. The smallest absolute Gasteiger partial charge is 0.260 e. The van der Waals surface area contributed by atoms with Crippen LogP contribution in [0.2, 0.25) is 5.02 Å². The van der Waals surface area contributed by atoms with Crippen LogP contribution in [0.4, 0.5) is 10.2 Å². The number of carbonyl (C=O) groups is 2. The number of hydrogen-bond donors (Lipinski definition) is 1. The van der Waals surface area contributed by atoms with E-state index in [2.05, 4.69) is 10.5 Å². The first kappa shape index (κ1) is 20.1. The summed E-state index contributed by atoms with van der Waals surface area (Å²) in [6.07, 6.45) is 0. The van der Waals surface area contributed by atoms with Gasteiger partial charge >= 0.3 is 0 Å². The number of carbonyl (C=O) groups excluding carboxylic acids is 2. The van der Waals surface area contributed by atoms with Crippen molar-refractivity contribution in [1.82, 2.24) is 15.0 Å². The lowest BCUT2D eigenvalue weighted by atomic mass is 10.3. The molecule has 2 heterocycles. The predicted octanol–water partition coefficient (Wildman–Crippen LogP) is 1.94. The minimum Gasteiger partial charge on any atom is -0.482 e. The Bertz CT molecular complexity index is 852. The fourth-order valence-corrected chi connectivity index (χ4v) is 3.01. The summed E-state index contributed by atoms with van der Waals surface area (Å²) < 4.78 is 23.3. The van der Waals surface area contributed by atoms with Gasteiger partial charge < -0.3 is 19.5 Å². The van der Waals surface area contributed by atoms with E-state index in [0.717, 1.165) is 6.07 Å². The number of anilines is 1. The number of rotatable bonds is 6. The van der Waals surface area contributed by atoms with Crippen LogP contribution in [0, 0.1) is 12.7 Å². The molecular formula is C18H20ClFN4O4.